The fourth-order valence-electron chi connectivity index (χ4n) is 2.97. The average Bonchev–Trinajstić information content (AvgIpc) is 3.41. The first kappa shape index (κ1) is 17.7. The first-order valence-corrected chi connectivity index (χ1v) is 10.8. The van der Waals surface area contributed by atoms with Crippen molar-refractivity contribution >= 4 is 32.8 Å². The van der Waals surface area contributed by atoms with E-state index in [-0.39, 0.29) is 4.90 Å². The lowest BCUT2D eigenvalue weighted by molar-refractivity contribution is -0.130. The molecule has 0 saturated heterocycles. The van der Waals surface area contributed by atoms with Gasteiger partial charge in [0.2, 0.25) is 0 Å². The number of hydrazone groups is 1. The number of thiophene rings is 1. The fourth-order valence-corrected chi connectivity index (χ4v) is 4.89. The lowest BCUT2D eigenvalue weighted by Gasteiger charge is -2.19. The molecular weight excluding hydrogens is 384 g/mol. The molecule has 6 nitrogen and oxygen atoms in total. The molecule has 8 heteroatoms. The first-order valence-electron chi connectivity index (χ1n) is 8.29. The molecule has 0 radical (unpaired) electrons. The Morgan fingerprint density at radius 1 is 1.15 bits per heavy atom. The number of hydrogen-bond donors (Lipinski definition) is 0. The molecule has 1 aromatic carbocycles. The number of carbonyl (C=O) groups is 1. The fraction of sp³-hybridized carbons (Fsp3) is 0.158. The van der Waals surface area contributed by atoms with Crippen LogP contribution in [0.5, 0.6) is 0 Å². The molecule has 138 valence electrons. The van der Waals surface area contributed by atoms with Gasteiger partial charge in [0, 0.05) is 6.42 Å². The molecule has 0 spiro atoms. The van der Waals surface area contributed by atoms with Gasteiger partial charge in [0.05, 0.1) is 21.7 Å². The second-order valence-electron chi connectivity index (χ2n) is 6.07. The Morgan fingerprint density at radius 3 is 2.63 bits per heavy atom. The van der Waals surface area contributed by atoms with Crippen molar-refractivity contribution < 1.29 is 17.6 Å². The summed E-state index contributed by atoms with van der Waals surface area (Å²) in [5.41, 5.74) is 0.747. The SMILES string of the molecule is O=C(CS(=O)(=O)c1ccccc1)N1N=C(c2cccs2)CC1c1ccco1. The van der Waals surface area contributed by atoms with Crippen LogP contribution in [0.1, 0.15) is 23.1 Å². The number of sulfone groups is 1. The predicted octanol–water partition coefficient (Wildman–Crippen LogP) is 3.49. The van der Waals surface area contributed by atoms with E-state index in [1.165, 1.54) is 34.7 Å². The van der Waals surface area contributed by atoms with Crippen molar-refractivity contribution in [3.05, 3.63) is 76.9 Å². The van der Waals surface area contributed by atoms with Gasteiger partial charge in [0.25, 0.3) is 5.91 Å². The highest BCUT2D eigenvalue weighted by Gasteiger charge is 2.37. The highest BCUT2D eigenvalue weighted by Crippen LogP contribution is 2.34. The number of amides is 1. The Hall–Kier alpha value is -2.71. The van der Waals surface area contributed by atoms with Crippen LogP contribution in [-0.2, 0) is 14.6 Å². The van der Waals surface area contributed by atoms with Gasteiger partial charge in [-0.05, 0) is 35.7 Å². The largest absolute Gasteiger partial charge is 0.467 e. The molecule has 2 aromatic heterocycles. The van der Waals surface area contributed by atoms with Crippen LogP contribution < -0.4 is 0 Å². The van der Waals surface area contributed by atoms with Crippen LogP contribution in [-0.4, -0.2) is 30.8 Å². The van der Waals surface area contributed by atoms with Crippen LogP contribution in [0.25, 0.3) is 0 Å². The van der Waals surface area contributed by atoms with Crippen molar-refractivity contribution in [2.45, 2.75) is 17.4 Å². The first-order chi connectivity index (χ1) is 13.0. The minimum atomic E-state index is -3.75. The summed E-state index contributed by atoms with van der Waals surface area (Å²) < 4.78 is 30.6. The Kier molecular flexibility index (Phi) is 4.67. The van der Waals surface area contributed by atoms with E-state index in [0.29, 0.717) is 12.2 Å². The molecule has 1 unspecified atom stereocenters. The predicted molar refractivity (Wildman–Crippen MR) is 102 cm³/mol. The summed E-state index contributed by atoms with van der Waals surface area (Å²) in [7, 11) is -3.75. The number of carbonyl (C=O) groups excluding carboxylic acids is 1. The van der Waals surface area contributed by atoms with Crippen molar-refractivity contribution in [1.29, 1.82) is 0 Å². The van der Waals surface area contributed by atoms with Crippen LogP contribution >= 0.6 is 11.3 Å². The molecule has 3 heterocycles. The summed E-state index contributed by atoms with van der Waals surface area (Å²) in [6.07, 6.45) is 2.01. The zero-order valence-corrected chi connectivity index (χ0v) is 15.8. The molecule has 0 fully saturated rings. The molecule has 0 saturated carbocycles. The normalized spacial score (nSPS) is 17.1. The van der Waals surface area contributed by atoms with Crippen LogP contribution in [0.2, 0.25) is 0 Å². The number of benzene rings is 1. The maximum absolute atomic E-state index is 12.9. The van der Waals surface area contributed by atoms with Crippen LogP contribution in [0.15, 0.2) is 80.7 Å². The van der Waals surface area contributed by atoms with E-state index in [4.69, 9.17) is 4.42 Å². The zero-order valence-electron chi connectivity index (χ0n) is 14.2. The van der Waals surface area contributed by atoms with Crippen LogP contribution in [0.4, 0.5) is 0 Å². The smallest absolute Gasteiger partial charge is 0.258 e. The number of hydrogen-bond acceptors (Lipinski definition) is 6. The summed E-state index contributed by atoms with van der Waals surface area (Å²) in [4.78, 5) is 13.9. The minimum absolute atomic E-state index is 0.120. The highest BCUT2D eigenvalue weighted by atomic mass is 32.2. The van der Waals surface area contributed by atoms with Gasteiger partial charge in [0.15, 0.2) is 9.84 Å². The van der Waals surface area contributed by atoms with E-state index in [2.05, 4.69) is 5.10 Å². The molecular formula is C19H16N2O4S2. The third-order valence-corrected chi connectivity index (χ3v) is 6.80. The molecule has 1 aliphatic rings. The molecule has 4 rings (SSSR count). The van der Waals surface area contributed by atoms with E-state index in [1.807, 2.05) is 17.5 Å². The quantitative estimate of drug-likeness (QED) is 0.657. The minimum Gasteiger partial charge on any atom is -0.467 e. The van der Waals surface area contributed by atoms with E-state index in [1.54, 1.807) is 30.3 Å². The molecule has 0 N–H and O–H groups in total. The van der Waals surface area contributed by atoms with E-state index < -0.39 is 27.5 Å². The number of rotatable bonds is 5. The highest BCUT2D eigenvalue weighted by molar-refractivity contribution is 7.92. The summed E-state index contributed by atoms with van der Waals surface area (Å²) in [6.45, 7) is 0. The van der Waals surface area contributed by atoms with Crippen molar-refractivity contribution in [1.82, 2.24) is 5.01 Å². The molecule has 3 aromatic rings. The van der Waals surface area contributed by atoms with Crippen molar-refractivity contribution in [2.75, 3.05) is 5.75 Å². The van der Waals surface area contributed by atoms with Gasteiger partial charge in [-0.15, -0.1) is 11.3 Å². The van der Waals surface area contributed by atoms with Crippen molar-refractivity contribution in [3.63, 3.8) is 0 Å². The number of nitrogens with zero attached hydrogens (tertiary/aromatic N) is 2. The second kappa shape index (κ2) is 7.13. The van der Waals surface area contributed by atoms with Gasteiger partial charge in [-0.25, -0.2) is 13.4 Å². The van der Waals surface area contributed by atoms with Gasteiger partial charge in [-0.3, -0.25) is 4.79 Å². The topological polar surface area (TPSA) is 80.0 Å². The lowest BCUT2D eigenvalue weighted by atomic mass is 10.1. The standard InChI is InChI=1S/C19H16N2O4S2/c22-19(13-27(23,24)14-6-2-1-3-7-14)21-16(17-8-4-10-25-17)12-15(20-21)18-9-5-11-26-18/h1-11,16H,12-13H2. The van der Waals surface area contributed by atoms with Gasteiger partial charge in [-0.1, -0.05) is 24.3 Å². The molecule has 0 bridgehead atoms. The monoisotopic (exact) mass is 400 g/mol. The zero-order chi connectivity index (χ0) is 18.9. The third kappa shape index (κ3) is 3.58. The van der Waals surface area contributed by atoms with Crippen LogP contribution in [0, 0.1) is 0 Å². The van der Waals surface area contributed by atoms with Crippen molar-refractivity contribution in [3.8, 4) is 0 Å². The Bertz CT molecular complexity index is 1060. The van der Waals surface area contributed by atoms with E-state index in [0.717, 1.165) is 10.6 Å². The molecule has 1 atom stereocenters. The number of furan rings is 1. The van der Waals surface area contributed by atoms with E-state index in [9.17, 15) is 13.2 Å². The van der Waals surface area contributed by atoms with Gasteiger partial charge < -0.3 is 4.42 Å². The maximum atomic E-state index is 12.9. The summed E-state index contributed by atoms with van der Waals surface area (Å²) >= 11 is 1.53. The summed E-state index contributed by atoms with van der Waals surface area (Å²) in [5.74, 6) is -0.641. The van der Waals surface area contributed by atoms with Gasteiger partial charge >= 0.3 is 0 Å². The maximum Gasteiger partial charge on any atom is 0.258 e. The molecule has 27 heavy (non-hydrogen) atoms. The van der Waals surface area contributed by atoms with E-state index >= 15 is 0 Å². The summed E-state index contributed by atoms with van der Waals surface area (Å²) in [6, 6.07) is 14.9. The van der Waals surface area contributed by atoms with Gasteiger partial charge in [0.1, 0.15) is 17.6 Å². The van der Waals surface area contributed by atoms with Crippen LogP contribution in [0.3, 0.4) is 0 Å². The second-order valence-corrected chi connectivity index (χ2v) is 9.01. The molecule has 1 aliphatic heterocycles. The summed E-state index contributed by atoms with van der Waals surface area (Å²) in [5, 5.41) is 7.61. The molecule has 1 amide bonds. The van der Waals surface area contributed by atoms with Gasteiger partial charge in [-0.2, -0.15) is 5.10 Å². The Labute approximate surface area is 160 Å². The Balaban J connectivity index is 1.63. The van der Waals surface area contributed by atoms with Crippen molar-refractivity contribution in [2.24, 2.45) is 5.10 Å². The average molecular weight is 400 g/mol. The lowest BCUT2D eigenvalue weighted by Crippen LogP contribution is -2.32. The molecule has 0 aliphatic carbocycles. The third-order valence-electron chi connectivity index (χ3n) is 4.26. The Morgan fingerprint density at radius 2 is 1.96 bits per heavy atom.